The fourth-order valence-electron chi connectivity index (χ4n) is 3.52. The molecule has 0 spiro atoms. The first kappa shape index (κ1) is 18.9. The monoisotopic (exact) mass is 389 g/mol. The van der Waals surface area contributed by atoms with Crippen LogP contribution in [-0.2, 0) is 11.3 Å². The van der Waals surface area contributed by atoms with Crippen molar-refractivity contribution in [1.29, 1.82) is 0 Å². The molecule has 2 heterocycles. The van der Waals surface area contributed by atoms with Crippen LogP contribution < -0.4 is 10.9 Å². The van der Waals surface area contributed by atoms with E-state index in [0.717, 1.165) is 16.6 Å². The minimum absolute atomic E-state index is 0.0865. The summed E-state index contributed by atoms with van der Waals surface area (Å²) in [5.74, 6) is -0.0865. The van der Waals surface area contributed by atoms with E-state index in [1.54, 1.807) is 18.2 Å². The van der Waals surface area contributed by atoms with E-state index in [1.165, 1.54) is 4.68 Å². The van der Waals surface area contributed by atoms with Gasteiger partial charge >= 0.3 is 0 Å². The van der Waals surface area contributed by atoms with Gasteiger partial charge in [0.1, 0.15) is 5.52 Å². The molecule has 7 heteroatoms. The van der Waals surface area contributed by atoms with Crippen molar-refractivity contribution in [2.24, 2.45) is 0 Å². The van der Waals surface area contributed by atoms with Crippen LogP contribution in [0.2, 0.25) is 0 Å². The van der Waals surface area contributed by atoms with Crippen molar-refractivity contribution < 1.29 is 4.79 Å². The molecule has 148 valence electrons. The molecular formula is C22H23N5O2. The predicted octanol–water partition coefficient (Wildman–Crippen LogP) is 3.75. The highest BCUT2D eigenvalue weighted by Crippen LogP contribution is 2.27. The maximum atomic E-state index is 12.5. The molecule has 2 aromatic carbocycles. The number of carbonyl (C=O) groups excluding carboxylic acids is 1. The van der Waals surface area contributed by atoms with Gasteiger partial charge in [-0.25, -0.2) is 4.68 Å². The Morgan fingerprint density at radius 1 is 1.07 bits per heavy atom. The molecule has 0 unspecified atom stereocenters. The van der Waals surface area contributed by atoms with Gasteiger partial charge < -0.3 is 9.88 Å². The zero-order chi connectivity index (χ0) is 20.4. The van der Waals surface area contributed by atoms with Crippen molar-refractivity contribution in [3.05, 3.63) is 65.1 Å². The molecule has 0 aliphatic heterocycles. The van der Waals surface area contributed by atoms with Crippen LogP contribution in [0, 0.1) is 0 Å². The van der Waals surface area contributed by atoms with Crippen LogP contribution in [0.4, 0.5) is 5.69 Å². The molecule has 0 fully saturated rings. The molecular weight excluding hydrogens is 366 g/mol. The number of hydrogen-bond donors (Lipinski definition) is 1. The molecule has 0 atom stereocenters. The highest BCUT2D eigenvalue weighted by Gasteiger charge is 2.11. The number of nitrogens with zero attached hydrogens (tertiary/aromatic N) is 4. The lowest BCUT2D eigenvalue weighted by molar-refractivity contribution is -0.116. The van der Waals surface area contributed by atoms with E-state index in [9.17, 15) is 9.59 Å². The molecule has 2 aromatic heterocycles. The number of aryl methyl sites for hydroxylation is 1. The summed E-state index contributed by atoms with van der Waals surface area (Å²) in [5, 5.41) is 12.6. The molecule has 1 amide bonds. The number of nitrogens with one attached hydrogen (secondary N) is 1. The number of rotatable bonds is 6. The fraction of sp³-hybridized carbons (Fsp3) is 0.273. The molecule has 4 aromatic rings. The molecule has 0 bridgehead atoms. The van der Waals surface area contributed by atoms with Gasteiger partial charge in [0.15, 0.2) is 0 Å². The first-order valence-corrected chi connectivity index (χ1v) is 9.76. The molecule has 7 nitrogen and oxygen atoms in total. The lowest BCUT2D eigenvalue weighted by Gasteiger charge is -2.11. The van der Waals surface area contributed by atoms with Crippen molar-refractivity contribution in [3.8, 4) is 0 Å². The van der Waals surface area contributed by atoms with E-state index in [2.05, 4.69) is 40.1 Å². The van der Waals surface area contributed by atoms with Gasteiger partial charge in [-0.15, -0.1) is 5.10 Å². The van der Waals surface area contributed by atoms with Gasteiger partial charge in [0, 0.05) is 30.6 Å². The number of aromatic nitrogens is 4. The zero-order valence-corrected chi connectivity index (χ0v) is 16.5. The Morgan fingerprint density at radius 2 is 1.90 bits per heavy atom. The zero-order valence-electron chi connectivity index (χ0n) is 16.5. The third kappa shape index (κ3) is 3.76. The molecule has 29 heavy (non-hydrogen) atoms. The first-order valence-electron chi connectivity index (χ1n) is 9.76. The van der Waals surface area contributed by atoms with Crippen LogP contribution in [0.1, 0.15) is 32.7 Å². The quantitative estimate of drug-likeness (QED) is 0.545. The number of anilines is 1. The Bertz CT molecular complexity index is 1240. The van der Waals surface area contributed by atoms with Crippen LogP contribution in [0.15, 0.2) is 59.5 Å². The minimum atomic E-state index is -0.184. The third-order valence-corrected chi connectivity index (χ3v) is 5.00. The minimum Gasteiger partial charge on any atom is -0.345 e. The topological polar surface area (TPSA) is 81.8 Å². The highest BCUT2D eigenvalue weighted by atomic mass is 16.1. The van der Waals surface area contributed by atoms with Crippen LogP contribution in [0.5, 0.6) is 0 Å². The van der Waals surface area contributed by atoms with Crippen LogP contribution >= 0.6 is 0 Å². The van der Waals surface area contributed by atoms with Crippen molar-refractivity contribution in [2.75, 3.05) is 5.32 Å². The summed E-state index contributed by atoms with van der Waals surface area (Å²) in [6, 6.07) is 15.4. The summed E-state index contributed by atoms with van der Waals surface area (Å²) < 4.78 is 3.49. The van der Waals surface area contributed by atoms with Gasteiger partial charge in [-0.1, -0.05) is 23.4 Å². The van der Waals surface area contributed by atoms with Crippen LogP contribution in [0.25, 0.3) is 21.8 Å². The summed E-state index contributed by atoms with van der Waals surface area (Å²) in [7, 11) is 0. The van der Waals surface area contributed by atoms with Gasteiger partial charge in [0.2, 0.25) is 5.91 Å². The van der Waals surface area contributed by atoms with E-state index < -0.39 is 0 Å². The Labute approximate surface area is 168 Å². The normalized spacial score (nSPS) is 11.4. The number of carbonyl (C=O) groups is 1. The maximum absolute atomic E-state index is 12.5. The summed E-state index contributed by atoms with van der Waals surface area (Å²) in [6.45, 7) is 4.60. The Hall–Kier alpha value is -3.48. The van der Waals surface area contributed by atoms with Crippen molar-refractivity contribution >= 4 is 33.4 Å². The molecule has 0 radical (unpaired) electrons. The van der Waals surface area contributed by atoms with E-state index in [-0.39, 0.29) is 11.5 Å². The number of hydrogen-bond acceptors (Lipinski definition) is 4. The van der Waals surface area contributed by atoms with Gasteiger partial charge in [0.25, 0.3) is 5.56 Å². The Morgan fingerprint density at radius 3 is 2.72 bits per heavy atom. The number of amides is 1. The van der Waals surface area contributed by atoms with E-state index in [1.807, 2.05) is 30.5 Å². The van der Waals surface area contributed by atoms with Crippen molar-refractivity contribution in [2.45, 2.75) is 39.3 Å². The maximum Gasteiger partial charge on any atom is 0.277 e. The lowest BCUT2D eigenvalue weighted by Crippen LogP contribution is -2.25. The van der Waals surface area contributed by atoms with E-state index in [4.69, 9.17) is 0 Å². The van der Waals surface area contributed by atoms with Crippen LogP contribution in [-0.4, -0.2) is 25.5 Å². The average Bonchev–Trinajstić information content (AvgIpc) is 3.15. The fourth-order valence-corrected chi connectivity index (χ4v) is 3.52. The molecule has 1 N–H and O–H groups in total. The molecule has 4 rings (SSSR count). The Balaban J connectivity index is 1.42. The Kier molecular flexibility index (Phi) is 5.12. The molecule has 0 saturated heterocycles. The van der Waals surface area contributed by atoms with Crippen LogP contribution in [0.3, 0.4) is 0 Å². The van der Waals surface area contributed by atoms with E-state index in [0.29, 0.717) is 36.3 Å². The second-order valence-corrected chi connectivity index (χ2v) is 7.34. The number of fused-ring (bicyclic) bond motifs is 2. The average molecular weight is 389 g/mol. The third-order valence-electron chi connectivity index (χ3n) is 5.00. The second kappa shape index (κ2) is 7.87. The van der Waals surface area contributed by atoms with Gasteiger partial charge in [-0.3, -0.25) is 9.59 Å². The summed E-state index contributed by atoms with van der Waals surface area (Å²) in [6.07, 6.45) is 2.83. The van der Waals surface area contributed by atoms with Gasteiger partial charge in [0.05, 0.1) is 16.6 Å². The summed E-state index contributed by atoms with van der Waals surface area (Å²) in [4.78, 5) is 24.9. The second-order valence-electron chi connectivity index (χ2n) is 7.34. The standard InChI is InChI=1S/C22H23N5O2/c1-15(2)26-14-12-16-18(9-5-10-20(16)26)23-21(28)11-6-13-27-22(29)17-7-3-4-8-19(17)24-25-27/h3-5,7-10,12,14-15H,6,11,13H2,1-2H3,(H,23,28). The highest BCUT2D eigenvalue weighted by molar-refractivity contribution is 6.01. The van der Waals surface area contributed by atoms with Crippen molar-refractivity contribution in [1.82, 2.24) is 19.6 Å². The number of benzene rings is 2. The van der Waals surface area contributed by atoms with Gasteiger partial charge in [-0.05, 0) is 50.6 Å². The van der Waals surface area contributed by atoms with Crippen molar-refractivity contribution in [3.63, 3.8) is 0 Å². The first-order chi connectivity index (χ1) is 14.0. The molecule has 0 aliphatic rings. The van der Waals surface area contributed by atoms with E-state index >= 15 is 0 Å². The summed E-state index contributed by atoms with van der Waals surface area (Å²) >= 11 is 0. The lowest BCUT2D eigenvalue weighted by atomic mass is 10.2. The largest absolute Gasteiger partial charge is 0.345 e. The smallest absolute Gasteiger partial charge is 0.277 e. The van der Waals surface area contributed by atoms with Gasteiger partial charge in [-0.2, -0.15) is 0 Å². The SMILES string of the molecule is CC(C)n1ccc2c(NC(=O)CCCn3nnc4ccccc4c3=O)cccc21. The molecule has 0 aliphatic carbocycles. The molecule has 0 saturated carbocycles. The predicted molar refractivity (Wildman–Crippen MR) is 114 cm³/mol. The summed E-state index contributed by atoms with van der Waals surface area (Å²) in [5.41, 5.74) is 2.29.